The lowest BCUT2D eigenvalue weighted by atomic mass is 9.84. The molecule has 0 nitrogen and oxygen atoms in total. The van der Waals surface area contributed by atoms with Gasteiger partial charge in [-0.3, -0.25) is 0 Å². The molecule has 27 heavy (non-hydrogen) atoms. The fourth-order valence-corrected chi connectivity index (χ4v) is 3.71. The molecule has 3 rings (SSSR count). The van der Waals surface area contributed by atoms with Crippen LogP contribution >= 0.6 is 12.6 Å². The first-order valence-corrected chi connectivity index (χ1v) is 10.1. The van der Waals surface area contributed by atoms with Gasteiger partial charge in [-0.25, -0.2) is 0 Å². The molecule has 0 atom stereocenters. The molecule has 0 spiro atoms. The zero-order valence-corrected chi connectivity index (χ0v) is 18.2. The van der Waals surface area contributed by atoms with Gasteiger partial charge in [0, 0.05) is 10.5 Å². The maximum atomic E-state index is 4.78. The Balaban J connectivity index is 2.08. The molecule has 1 heteroatoms. The molecular formula is C26H30S. The van der Waals surface area contributed by atoms with Crippen LogP contribution in [0, 0.1) is 0 Å². The van der Waals surface area contributed by atoms with Gasteiger partial charge in [0.05, 0.1) is 0 Å². The first-order valence-electron chi connectivity index (χ1n) is 9.61. The quantitative estimate of drug-likeness (QED) is 0.433. The largest absolute Gasteiger partial charge is 0.143 e. The van der Waals surface area contributed by atoms with Crippen molar-refractivity contribution in [2.45, 2.75) is 57.3 Å². The monoisotopic (exact) mass is 374 g/mol. The third-order valence-corrected chi connectivity index (χ3v) is 5.52. The lowest BCUT2D eigenvalue weighted by molar-refractivity contribution is 0.590. The highest BCUT2D eigenvalue weighted by Crippen LogP contribution is 2.38. The lowest BCUT2D eigenvalue weighted by Crippen LogP contribution is -2.10. The summed E-state index contributed by atoms with van der Waals surface area (Å²) in [5.74, 6) is 0. The SMILES string of the molecule is CC(C)(C)c1ccc(-c2cccc(S)c2-c2ccc(C(C)(C)C)cc2)cc1. The Bertz CT molecular complexity index is 918. The number of hydrogen-bond acceptors (Lipinski definition) is 1. The molecule has 0 N–H and O–H groups in total. The first-order chi connectivity index (χ1) is 12.6. The molecule has 0 saturated carbocycles. The maximum absolute atomic E-state index is 4.78. The molecule has 0 heterocycles. The highest BCUT2D eigenvalue weighted by atomic mass is 32.1. The van der Waals surface area contributed by atoms with Gasteiger partial charge in [0.2, 0.25) is 0 Å². The summed E-state index contributed by atoms with van der Waals surface area (Å²) in [6, 6.07) is 24.2. The topological polar surface area (TPSA) is 0 Å². The Morgan fingerprint density at radius 3 is 1.44 bits per heavy atom. The summed E-state index contributed by atoms with van der Waals surface area (Å²) in [6.45, 7) is 13.5. The van der Waals surface area contributed by atoms with E-state index in [0.29, 0.717) is 0 Å². The minimum atomic E-state index is 0.157. The number of benzene rings is 3. The standard InChI is InChI=1S/C26H30S/c1-25(2,3)20-14-10-18(11-15-20)22-8-7-9-23(27)24(22)19-12-16-21(17-13-19)26(4,5)6/h7-17,27H,1-6H3. The van der Waals surface area contributed by atoms with Gasteiger partial charge in [-0.15, -0.1) is 12.6 Å². The number of hydrogen-bond donors (Lipinski definition) is 1. The summed E-state index contributed by atoms with van der Waals surface area (Å²) in [5, 5.41) is 0. The molecule has 0 radical (unpaired) electrons. The van der Waals surface area contributed by atoms with Crippen LogP contribution in [0.3, 0.4) is 0 Å². The Kier molecular flexibility index (Phi) is 5.27. The molecule has 3 aromatic carbocycles. The molecule has 0 aliphatic rings. The van der Waals surface area contributed by atoms with Gasteiger partial charge in [-0.05, 0) is 44.7 Å². The van der Waals surface area contributed by atoms with Crippen molar-refractivity contribution < 1.29 is 0 Å². The van der Waals surface area contributed by atoms with Gasteiger partial charge in [0.1, 0.15) is 0 Å². The van der Waals surface area contributed by atoms with Crippen LogP contribution in [0.15, 0.2) is 71.6 Å². The summed E-state index contributed by atoms with van der Waals surface area (Å²) in [6.07, 6.45) is 0. The van der Waals surface area contributed by atoms with Crippen molar-refractivity contribution in [2.24, 2.45) is 0 Å². The summed E-state index contributed by atoms with van der Waals surface area (Å²) >= 11 is 4.78. The van der Waals surface area contributed by atoms with Gasteiger partial charge in [0.25, 0.3) is 0 Å². The van der Waals surface area contributed by atoms with E-state index >= 15 is 0 Å². The Hall–Kier alpha value is -1.99. The summed E-state index contributed by atoms with van der Waals surface area (Å²) < 4.78 is 0. The highest BCUT2D eigenvalue weighted by molar-refractivity contribution is 7.80. The second-order valence-corrected chi connectivity index (χ2v) is 9.84. The van der Waals surface area contributed by atoms with E-state index < -0.39 is 0 Å². The average Bonchev–Trinajstić information content (AvgIpc) is 2.60. The summed E-state index contributed by atoms with van der Waals surface area (Å²) in [4.78, 5) is 1.01. The molecule has 0 aromatic heterocycles. The van der Waals surface area contributed by atoms with Crippen molar-refractivity contribution in [1.29, 1.82) is 0 Å². The molecule has 0 aliphatic heterocycles. The van der Waals surface area contributed by atoms with Gasteiger partial charge < -0.3 is 0 Å². The van der Waals surface area contributed by atoms with Crippen molar-refractivity contribution in [1.82, 2.24) is 0 Å². The Labute approximate surface area is 170 Å². The zero-order valence-electron chi connectivity index (χ0n) is 17.3. The van der Waals surface area contributed by atoms with Crippen LogP contribution in [0.25, 0.3) is 22.3 Å². The van der Waals surface area contributed by atoms with E-state index in [0.717, 1.165) is 4.90 Å². The first kappa shape index (κ1) is 19.8. The number of thiol groups is 1. The van der Waals surface area contributed by atoms with E-state index in [4.69, 9.17) is 12.6 Å². The van der Waals surface area contributed by atoms with Gasteiger partial charge >= 0.3 is 0 Å². The molecule has 0 aliphatic carbocycles. The average molecular weight is 375 g/mol. The van der Waals surface area contributed by atoms with Crippen LogP contribution in [0.5, 0.6) is 0 Å². The van der Waals surface area contributed by atoms with Gasteiger partial charge in [-0.2, -0.15) is 0 Å². The number of rotatable bonds is 2. The predicted octanol–water partition coefficient (Wildman–Crippen LogP) is 7.90. The van der Waals surface area contributed by atoms with Crippen LogP contribution in [-0.2, 0) is 10.8 Å². The van der Waals surface area contributed by atoms with E-state index in [-0.39, 0.29) is 10.8 Å². The van der Waals surface area contributed by atoms with Gasteiger partial charge in [-0.1, -0.05) is 102 Å². The van der Waals surface area contributed by atoms with Crippen LogP contribution in [-0.4, -0.2) is 0 Å². The molecule has 3 aromatic rings. The lowest BCUT2D eigenvalue weighted by Gasteiger charge is -2.21. The molecule has 0 unspecified atom stereocenters. The molecule has 0 saturated heterocycles. The zero-order chi connectivity index (χ0) is 19.8. The van der Waals surface area contributed by atoms with Crippen LogP contribution in [0.1, 0.15) is 52.7 Å². The van der Waals surface area contributed by atoms with Crippen LogP contribution < -0.4 is 0 Å². The third-order valence-electron chi connectivity index (χ3n) is 5.14. The normalized spacial score (nSPS) is 12.3. The fourth-order valence-electron chi connectivity index (χ4n) is 3.37. The van der Waals surface area contributed by atoms with Crippen molar-refractivity contribution in [3.05, 3.63) is 77.9 Å². The smallest absolute Gasteiger partial charge is 0.0125 e. The summed E-state index contributed by atoms with van der Waals surface area (Å²) in [7, 11) is 0. The molecule has 0 fully saturated rings. The Morgan fingerprint density at radius 2 is 1.00 bits per heavy atom. The minimum Gasteiger partial charge on any atom is -0.143 e. The van der Waals surface area contributed by atoms with Crippen molar-refractivity contribution >= 4 is 12.6 Å². The van der Waals surface area contributed by atoms with E-state index in [1.165, 1.54) is 33.4 Å². The van der Waals surface area contributed by atoms with Crippen molar-refractivity contribution in [2.75, 3.05) is 0 Å². The fraction of sp³-hybridized carbons (Fsp3) is 0.308. The van der Waals surface area contributed by atoms with Crippen molar-refractivity contribution in [3.8, 4) is 22.3 Å². The molecule has 0 bridgehead atoms. The molecular weight excluding hydrogens is 344 g/mol. The van der Waals surface area contributed by atoms with Crippen LogP contribution in [0.2, 0.25) is 0 Å². The molecule has 0 amide bonds. The van der Waals surface area contributed by atoms with E-state index in [9.17, 15) is 0 Å². The van der Waals surface area contributed by atoms with E-state index in [1.54, 1.807) is 0 Å². The maximum Gasteiger partial charge on any atom is 0.0125 e. The predicted molar refractivity (Wildman–Crippen MR) is 122 cm³/mol. The second kappa shape index (κ2) is 7.20. The minimum absolute atomic E-state index is 0.157. The third kappa shape index (κ3) is 4.30. The summed E-state index contributed by atoms with van der Waals surface area (Å²) in [5.41, 5.74) is 7.89. The molecule has 140 valence electrons. The van der Waals surface area contributed by atoms with Crippen molar-refractivity contribution in [3.63, 3.8) is 0 Å². The van der Waals surface area contributed by atoms with E-state index in [1.807, 2.05) is 0 Å². The van der Waals surface area contributed by atoms with E-state index in [2.05, 4.69) is 108 Å². The van der Waals surface area contributed by atoms with Crippen LogP contribution in [0.4, 0.5) is 0 Å². The second-order valence-electron chi connectivity index (χ2n) is 9.35. The highest BCUT2D eigenvalue weighted by Gasteiger charge is 2.17. The van der Waals surface area contributed by atoms with Gasteiger partial charge in [0.15, 0.2) is 0 Å². The Morgan fingerprint density at radius 1 is 0.556 bits per heavy atom.